The Labute approximate surface area is 246 Å². The van der Waals surface area contributed by atoms with Crippen LogP contribution in [0.3, 0.4) is 0 Å². The van der Waals surface area contributed by atoms with Gasteiger partial charge in [-0.1, -0.05) is 42.5 Å². The lowest BCUT2D eigenvalue weighted by molar-refractivity contribution is 0.0746. The molecule has 0 bridgehead atoms. The number of carbonyl (C=O) groups is 1. The lowest BCUT2D eigenvalue weighted by Gasteiger charge is -2.36. The molecule has 0 radical (unpaired) electrons. The van der Waals surface area contributed by atoms with Crippen LogP contribution in [-0.4, -0.2) is 59.6 Å². The minimum Gasteiger partial charge on any atom is -0.497 e. The number of anilines is 3. The smallest absolute Gasteiger partial charge is 0.263 e. The number of hydrogen-bond donors (Lipinski definition) is 2. The van der Waals surface area contributed by atoms with Gasteiger partial charge in [0.2, 0.25) is 0 Å². The van der Waals surface area contributed by atoms with Gasteiger partial charge in [0.1, 0.15) is 16.4 Å². The molecule has 218 valence electrons. The predicted octanol–water partition coefficient (Wildman–Crippen LogP) is 5.08. The fraction of sp³-hybridized carbons (Fsp3) is 0.219. The highest BCUT2D eigenvalue weighted by atomic mass is 32.2. The number of para-hydroxylation sites is 2. The molecule has 1 heterocycles. The third-order valence-corrected chi connectivity index (χ3v) is 8.61. The van der Waals surface area contributed by atoms with E-state index in [1.54, 1.807) is 48.4 Å². The number of carbonyl (C=O) groups excluding carboxylic acids is 1. The summed E-state index contributed by atoms with van der Waals surface area (Å²) >= 11 is 0. The van der Waals surface area contributed by atoms with Crippen molar-refractivity contribution >= 4 is 33.0 Å². The molecule has 5 rings (SSSR count). The molecule has 42 heavy (non-hydrogen) atoms. The first-order valence-corrected chi connectivity index (χ1v) is 15.1. The van der Waals surface area contributed by atoms with Crippen molar-refractivity contribution in [3.05, 3.63) is 108 Å². The van der Waals surface area contributed by atoms with E-state index in [-0.39, 0.29) is 10.8 Å². The average molecular weight is 587 g/mol. The Balaban J connectivity index is 1.41. The second-order valence-corrected chi connectivity index (χ2v) is 11.5. The molecule has 0 spiro atoms. The predicted molar refractivity (Wildman–Crippen MR) is 165 cm³/mol. The number of benzene rings is 4. The molecule has 0 aromatic heterocycles. The number of rotatable bonds is 10. The van der Waals surface area contributed by atoms with Crippen LogP contribution in [0.4, 0.5) is 17.1 Å². The van der Waals surface area contributed by atoms with Crippen LogP contribution < -0.4 is 24.4 Å². The van der Waals surface area contributed by atoms with E-state index in [1.165, 1.54) is 13.2 Å². The van der Waals surface area contributed by atoms with E-state index in [0.717, 1.165) is 11.3 Å². The molecular formula is C32H34N4O5S. The SMILES string of the molecule is COc1cccc(NS(=O)(=O)c2cc(C(=O)N3CCN(c4ccccc4)CC3)ccc2NCc2ccccc2OC)c1. The minimum absolute atomic E-state index is 0.0333. The first kappa shape index (κ1) is 28.8. The Hall–Kier alpha value is -4.70. The van der Waals surface area contributed by atoms with Crippen LogP contribution in [0, 0.1) is 0 Å². The van der Waals surface area contributed by atoms with Crippen LogP contribution in [0.25, 0.3) is 0 Å². The van der Waals surface area contributed by atoms with Gasteiger partial charge >= 0.3 is 0 Å². The van der Waals surface area contributed by atoms with Crippen molar-refractivity contribution in [2.45, 2.75) is 11.4 Å². The standard InChI is InChI=1S/C32H34N4O5S/c1-40-28-13-8-10-26(22-28)34-42(38,39)31-21-24(15-16-29(31)33-23-25-9-6-7-14-30(25)41-2)32(37)36-19-17-35(18-20-36)27-11-4-3-5-12-27/h3-16,21-22,33-34H,17-20,23H2,1-2H3. The van der Waals surface area contributed by atoms with Crippen LogP contribution in [0.5, 0.6) is 11.5 Å². The summed E-state index contributed by atoms with van der Waals surface area (Å²) in [6.45, 7) is 2.77. The van der Waals surface area contributed by atoms with Gasteiger partial charge in [-0.3, -0.25) is 9.52 Å². The lowest BCUT2D eigenvalue weighted by atomic mass is 10.1. The van der Waals surface area contributed by atoms with E-state index in [9.17, 15) is 13.2 Å². The van der Waals surface area contributed by atoms with E-state index in [2.05, 4.69) is 27.1 Å². The van der Waals surface area contributed by atoms with Crippen LogP contribution >= 0.6 is 0 Å². The molecule has 0 saturated carbocycles. The van der Waals surface area contributed by atoms with Crippen molar-refractivity contribution < 1.29 is 22.7 Å². The molecule has 1 fully saturated rings. The number of amides is 1. The molecule has 1 saturated heterocycles. The van der Waals surface area contributed by atoms with E-state index in [0.29, 0.717) is 61.2 Å². The number of piperazine rings is 1. The summed E-state index contributed by atoms with van der Waals surface area (Å²) in [7, 11) is -0.993. The Bertz CT molecular complexity index is 1640. The molecule has 1 amide bonds. The molecule has 1 aliphatic heterocycles. The third-order valence-electron chi connectivity index (χ3n) is 7.19. The second-order valence-electron chi connectivity index (χ2n) is 9.83. The topological polar surface area (TPSA) is 100 Å². The number of nitrogens with zero attached hydrogens (tertiary/aromatic N) is 2. The first-order chi connectivity index (χ1) is 20.4. The molecule has 4 aromatic carbocycles. The first-order valence-electron chi connectivity index (χ1n) is 13.6. The summed E-state index contributed by atoms with van der Waals surface area (Å²) in [5, 5.41) is 3.23. The summed E-state index contributed by atoms with van der Waals surface area (Å²) in [5.41, 5.74) is 2.99. The third kappa shape index (κ3) is 6.60. The van der Waals surface area contributed by atoms with Gasteiger partial charge in [0.05, 0.1) is 25.6 Å². The minimum atomic E-state index is -4.10. The Morgan fingerprint density at radius 2 is 1.55 bits per heavy atom. The number of hydrogen-bond acceptors (Lipinski definition) is 7. The molecular weight excluding hydrogens is 552 g/mol. The van der Waals surface area contributed by atoms with Gasteiger partial charge in [0.25, 0.3) is 15.9 Å². The van der Waals surface area contributed by atoms with Crippen molar-refractivity contribution in [2.24, 2.45) is 0 Å². The molecule has 10 heteroatoms. The van der Waals surface area contributed by atoms with Gasteiger partial charge in [-0.15, -0.1) is 0 Å². The average Bonchev–Trinajstić information content (AvgIpc) is 3.04. The van der Waals surface area contributed by atoms with Crippen molar-refractivity contribution in [1.82, 2.24) is 4.90 Å². The molecule has 1 aliphatic rings. The van der Waals surface area contributed by atoms with Crippen LogP contribution in [-0.2, 0) is 16.6 Å². The van der Waals surface area contributed by atoms with Gasteiger partial charge in [0.15, 0.2) is 0 Å². The normalized spacial score (nSPS) is 13.4. The fourth-order valence-corrected chi connectivity index (χ4v) is 6.21. The van der Waals surface area contributed by atoms with E-state index < -0.39 is 10.0 Å². The van der Waals surface area contributed by atoms with Gasteiger partial charge < -0.3 is 24.6 Å². The van der Waals surface area contributed by atoms with Crippen molar-refractivity contribution in [3.63, 3.8) is 0 Å². The quantitative estimate of drug-likeness (QED) is 0.267. The summed E-state index contributed by atoms with van der Waals surface area (Å²) in [6.07, 6.45) is 0. The van der Waals surface area contributed by atoms with Crippen LogP contribution in [0.2, 0.25) is 0 Å². The maximum absolute atomic E-state index is 13.8. The number of sulfonamides is 1. The Kier molecular flexibility index (Phi) is 8.83. The zero-order chi connectivity index (χ0) is 29.5. The summed E-state index contributed by atoms with van der Waals surface area (Å²) in [4.78, 5) is 17.5. The van der Waals surface area contributed by atoms with Gasteiger partial charge in [-0.25, -0.2) is 8.42 Å². The monoisotopic (exact) mass is 586 g/mol. The van der Waals surface area contributed by atoms with Crippen molar-refractivity contribution in [1.29, 1.82) is 0 Å². The van der Waals surface area contributed by atoms with Crippen LogP contribution in [0.1, 0.15) is 15.9 Å². The number of methoxy groups -OCH3 is 2. The Morgan fingerprint density at radius 3 is 2.29 bits per heavy atom. The molecule has 4 aromatic rings. The molecule has 0 atom stereocenters. The molecule has 9 nitrogen and oxygen atoms in total. The zero-order valence-electron chi connectivity index (χ0n) is 23.6. The second kappa shape index (κ2) is 12.9. The summed E-state index contributed by atoms with van der Waals surface area (Å²) in [6, 6.07) is 29.0. The van der Waals surface area contributed by atoms with Crippen molar-refractivity contribution in [3.8, 4) is 11.5 Å². The molecule has 0 unspecified atom stereocenters. The highest BCUT2D eigenvalue weighted by Gasteiger charge is 2.26. The van der Waals surface area contributed by atoms with E-state index >= 15 is 0 Å². The Morgan fingerprint density at radius 1 is 0.810 bits per heavy atom. The van der Waals surface area contributed by atoms with Gasteiger partial charge in [-0.05, 0) is 48.5 Å². The maximum atomic E-state index is 13.8. The van der Waals surface area contributed by atoms with E-state index in [1.807, 2.05) is 42.5 Å². The summed E-state index contributed by atoms with van der Waals surface area (Å²) < 4.78 is 40.9. The van der Waals surface area contributed by atoms with Crippen LogP contribution in [0.15, 0.2) is 102 Å². The number of nitrogens with one attached hydrogen (secondary N) is 2. The lowest BCUT2D eigenvalue weighted by Crippen LogP contribution is -2.48. The van der Waals surface area contributed by atoms with Gasteiger partial charge in [-0.2, -0.15) is 0 Å². The molecule has 2 N–H and O–H groups in total. The molecule has 0 aliphatic carbocycles. The zero-order valence-corrected chi connectivity index (χ0v) is 24.4. The maximum Gasteiger partial charge on any atom is 0.263 e. The fourth-order valence-electron chi connectivity index (χ4n) is 4.95. The number of ether oxygens (including phenoxy) is 2. The van der Waals surface area contributed by atoms with E-state index in [4.69, 9.17) is 9.47 Å². The van der Waals surface area contributed by atoms with Gasteiger partial charge in [0, 0.05) is 55.6 Å². The largest absolute Gasteiger partial charge is 0.497 e. The highest BCUT2D eigenvalue weighted by molar-refractivity contribution is 7.92. The van der Waals surface area contributed by atoms with Crippen molar-refractivity contribution in [2.75, 3.05) is 55.3 Å². The highest BCUT2D eigenvalue weighted by Crippen LogP contribution is 2.29. The summed E-state index contributed by atoms with van der Waals surface area (Å²) in [5.74, 6) is 0.991.